The molecule has 0 aliphatic heterocycles. The topological polar surface area (TPSA) is 52.6 Å². The van der Waals surface area contributed by atoms with E-state index in [0.717, 1.165) is 0 Å². The van der Waals surface area contributed by atoms with Crippen molar-refractivity contribution < 1.29 is 19.1 Å². The van der Waals surface area contributed by atoms with Crippen LogP contribution in [0.2, 0.25) is 0 Å². The van der Waals surface area contributed by atoms with Crippen molar-refractivity contribution in [3.8, 4) is 0 Å². The maximum Gasteiger partial charge on any atom is 0.311 e. The Morgan fingerprint density at radius 2 is 1.67 bits per heavy atom. The van der Waals surface area contributed by atoms with E-state index in [2.05, 4.69) is 6.92 Å². The molecule has 1 radical (unpaired) electrons. The van der Waals surface area contributed by atoms with Gasteiger partial charge < -0.3 is 9.47 Å². The van der Waals surface area contributed by atoms with E-state index in [4.69, 9.17) is 9.47 Å². The van der Waals surface area contributed by atoms with Gasteiger partial charge in [0.25, 0.3) is 0 Å². The summed E-state index contributed by atoms with van der Waals surface area (Å²) >= 11 is 0. The first kappa shape index (κ1) is 13.9. The van der Waals surface area contributed by atoms with Gasteiger partial charge in [-0.1, -0.05) is 0 Å². The first-order valence-corrected chi connectivity index (χ1v) is 4.86. The van der Waals surface area contributed by atoms with Crippen molar-refractivity contribution in [2.45, 2.75) is 46.8 Å². The molecule has 2 unspecified atom stereocenters. The molecule has 0 fully saturated rings. The molecule has 0 aromatic heterocycles. The molecule has 0 heterocycles. The lowest BCUT2D eigenvalue weighted by Gasteiger charge is -2.24. The van der Waals surface area contributed by atoms with Gasteiger partial charge in [0.2, 0.25) is 0 Å². The van der Waals surface area contributed by atoms with Crippen LogP contribution in [0.4, 0.5) is 0 Å². The minimum absolute atomic E-state index is 0.360. The van der Waals surface area contributed by atoms with Crippen LogP contribution in [0.1, 0.15) is 34.6 Å². The maximum absolute atomic E-state index is 11.5. The highest BCUT2D eigenvalue weighted by Gasteiger charge is 2.27. The summed E-state index contributed by atoms with van der Waals surface area (Å²) in [4.78, 5) is 22.1. The number of hydrogen-bond acceptors (Lipinski definition) is 4. The van der Waals surface area contributed by atoms with Crippen LogP contribution in [0.15, 0.2) is 0 Å². The Bertz CT molecular complexity index is 239. The van der Waals surface area contributed by atoms with Gasteiger partial charge in [-0.3, -0.25) is 9.59 Å². The lowest BCUT2D eigenvalue weighted by atomic mass is 9.97. The smallest absolute Gasteiger partial charge is 0.311 e. The lowest BCUT2D eigenvalue weighted by molar-refractivity contribution is -0.168. The highest BCUT2D eigenvalue weighted by molar-refractivity contribution is 5.75. The molecule has 0 saturated heterocycles. The third kappa shape index (κ3) is 5.40. The molecule has 0 aromatic rings. The number of hydrogen-bond donors (Lipinski definition) is 0. The van der Waals surface area contributed by atoms with E-state index in [9.17, 15) is 9.59 Å². The van der Waals surface area contributed by atoms with Crippen molar-refractivity contribution in [1.82, 2.24) is 0 Å². The molecule has 0 saturated carbocycles. The van der Waals surface area contributed by atoms with Gasteiger partial charge in [-0.05, 0) is 34.6 Å². The second kappa shape index (κ2) is 5.14. The molecule has 0 amide bonds. The number of ether oxygens (including phenoxy) is 2. The zero-order valence-electron chi connectivity index (χ0n) is 9.99. The average Bonchev–Trinajstić information content (AvgIpc) is 2.00. The molecule has 0 aromatic carbocycles. The highest BCUT2D eigenvalue weighted by atomic mass is 16.6. The van der Waals surface area contributed by atoms with Gasteiger partial charge in [0.15, 0.2) is 0 Å². The lowest BCUT2D eigenvalue weighted by Crippen LogP contribution is -2.34. The molecule has 4 heteroatoms. The Kier molecular flexibility index (Phi) is 4.78. The Labute approximate surface area is 90.9 Å². The third-order valence-corrected chi connectivity index (χ3v) is 1.75. The van der Waals surface area contributed by atoms with E-state index in [-0.39, 0.29) is 5.97 Å². The molecule has 15 heavy (non-hydrogen) atoms. The summed E-state index contributed by atoms with van der Waals surface area (Å²) < 4.78 is 9.90. The maximum atomic E-state index is 11.5. The minimum atomic E-state index is -0.680. The van der Waals surface area contributed by atoms with Gasteiger partial charge in [0, 0.05) is 6.92 Å². The molecule has 0 bridgehead atoms. The van der Waals surface area contributed by atoms with Crippen LogP contribution in [0.5, 0.6) is 0 Å². The van der Waals surface area contributed by atoms with Gasteiger partial charge in [-0.25, -0.2) is 0 Å². The Balaban J connectivity index is 4.19. The van der Waals surface area contributed by atoms with E-state index in [0.29, 0.717) is 0 Å². The zero-order chi connectivity index (χ0) is 12.2. The molecule has 0 aliphatic rings. The first-order chi connectivity index (χ1) is 6.64. The Morgan fingerprint density at radius 3 is 2.00 bits per heavy atom. The summed E-state index contributed by atoms with van der Waals surface area (Å²) in [5, 5.41) is 0. The SMILES string of the molecule is [CH2]C(OC(=O)C(C)(C)C)C(C)OC(C)=O. The normalized spacial score (nSPS) is 15.3. The average molecular weight is 215 g/mol. The summed E-state index contributed by atoms with van der Waals surface area (Å²) in [6.07, 6.45) is -1.21. The standard InChI is InChI=1S/C11H19O4/c1-7(14-9(3)12)8(2)15-10(13)11(4,5)6/h7-8H,2H2,1,3-6H3. The summed E-state index contributed by atoms with van der Waals surface area (Å²) in [6.45, 7) is 11.8. The number of esters is 2. The molecule has 0 rings (SSSR count). The van der Waals surface area contributed by atoms with E-state index in [1.54, 1.807) is 27.7 Å². The summed E-state index contributed by atoms with van der Waals surface area (Å²) in [5.74, 6) is -0.774. The van der Waals surface area contributed by atoms with Gasteiger partial charge in [-0.2, -0.15) is 0 Å². The molecular formula is C11H19O4. The van der Waals surface area contributed by atoms with Crippen molar-refractivity contribution in [3.05, 3.63) is 6.92 Å². The molecule has 0 N–H and O–H groups in total. The molecular weight excluding hydrogens is 196 g/mol. The predicted molar refractivity (Wildman–Crippen MR) is 55.9 cm³/mol. The highest BCUT2D eigenvalue weighted by Crippen LogP contribution is 2.17. The molecule has 87 valence electrons. The largest absolute Gasteiger partial charge is 0.459 e. The number of rotatable bonds is 3. The molecule has 0 spiro atoms. The van der Waals surface area contributed by atoms with E-state index >= 15 is 0 Å². The fourth-order valence-corrected chi connectivity index (χ4v) is 0.748. The fourth-order valence-electron chi connectivity index (χ4n) is 0.748. The summed E-state index contributed by atoms with van der Waals surface area (Å²) in [5.41, 5.74) is -0.577. The van der Waals surface area contributed by atoms with Crippen molar-refractivity contribution in [3.63, 3.8) is 0 Å². The van der Waals surface area contributed by atoms with E-state index in [1.165, 1.54) is 6.92 Å². The third-order valence-electron chi connectivity index (χ3n) is 1.75. The quantitative estimate of drug-likeness (QED) is 0.673. The minimum Gasteiger partial charge on any atom is -0.459 e. The summed E-state index contributed by atoms with van der Waals surface area (Å²) in [6, 6.07) is 0. The molecule has 2 atom stereocenters. The van der Waals surface area contributed by atoms with Crippen molar-refractivity contribution >= 4 is 11.9 Å². The molecule has 0 aliphatic carbocycles. The van der Waals surface area contributed by atoms with Crippen LogP contribution in [0, 0.1) is 12.3 Å². The van der Waals surface area contributed by atoms with Crippen LogP contribution < -0.4 is 0 Å². The van der Waals surface area contributed by atoms with Crippen molar-refractivity contribution in [1.29, 1.82) is 0 Å². The van der Waals surface area contributed by atoms with Gasteiger partial charge >= 0.3 is 11.9 Å². The number of carbonyl (C=O) groups excluding carboxylic acids is 2. The van der Waals surface area contributed by atoms with Crippen LogP contribution in [-0.2, 0) is 19.1 Å². The van der Waals surface area contributed by atoms with Crippen molar-refractivity contribution in [2.75, 3.05) is 0 Å². The Morgan fingerprint density at radius 1 is 1.20 bits per heavy atom. The monoisotopic (exact) mass is 215 g/mol. The van der Waals surface area contributed by atoms with Crippen molar-refractivity contribution in [2.24, 2.45) is 5.41 Å². The van der Waals surface area contributed by atoms with Gasteiger partial charge in [-0.15, -0.1) is 0 Å². The van der Waals surface area contributed by atoms with Crippen LogP contribution in [0.3, 0.4) is 0 Å². The first-order valence-electron chi connectivity index (χ1n) is 4.86. The van der Waals surface area contributed by atoms with Crippen LogP contribution in [0.25, 0.3) is 0 Å². The second-order valence-electron chi connectivity index (χ2n) is 4.51. The predicted octanol–water partition coefficient (Wildman–Crippen LogP) is 1.73. The fraction of sp³-hybridized carbons (Fsp3) is 0.727. The van der Waals surface area contributed by atoms with Gasteiger partial charge in [0.05, 0.1) is 5.41 Å². The molecule has 4 nitrogen and oxygen atoms in total. The zero-order valence-corrected chi connectivity index (χ0v) is 9.99. The summed E-state index contributed by atoms with van der Waals surface area (Å²) in [7, 11) is 0. The Hall–Kier alpha value is -1.06. The van der Waals surface area contributed by atoms with Crippen LogP contribution >= 0.6 is 0 Å². The number of carbonyl (C=O) groups is 2. The van der Waals surface area contributed by atoms with Crippen LogP contribution in [-0.4, -0.2) is 24.1 Å². The second-order valence-corrected chi connectivity index (χ2v) is 4.51. The van der Waals surface area contributed by atoms with Gasteiger partial charge in [0.1, 0.15) is 12.2 Å². The van der Waals surface area contributed by atoms with E-state index < -0.39 is 23.6 Å². The van der Waals surface area contributed by atoms with E-state index in [1.807, 2.05) is 0 Å².